The van der Waals surface area contributed by atoms with Gasteiger partial charge < -0.3 is 9.47 Å². The number of aromatic nitrogens is 2. The molecule has 4 aromatic carbocycles. The zero-order valence-corrected chi connectivity index (χ0v) is 28.9. The lowest BCUT2D eigenvalue weighted by atomic mass is 10.1. The summed E-state index contributed by atoms with van der Waals surface area (Å²) in [6.45, 7) is 2.91. The van der Waals surface area contributed by atoms with Gasteiger partial charge in [0.1, 0.15) is 0 Å². The third kappa shape index (κ3) is 6.70. The minimum Gasteiger partial charge on any atom is -0.460 e. The molecule has 0 bridgehead atoms. The fourth-order valence-electron chi connectivity index (χ4n) is 5.45. The summed E-state index contributed by atoms with van der Waals surface area (Å²) in [5.41, 5.74) is 1.77. The van der Waals surface area contributed by atoms with Gasteiger partial charge in [-0.25, -0.2) is 34.4 Å². The van der Waals surface area contributed by atoms with Crippen LogP contribution in [0.2, 0.25) is 0 Å². The third-order valence-electron chi connectivity index (χ3n) is 8.13. The molecule has 0 aliphatic rings. The van der Waals surface area contributed by atoms with Crippen molar-refractivity contribution in [1.82, 2.24) is 7.94 Å². The van der Waals surface area contributed by atoms with Crippen LogP contribution in [0, 0.1) is 13.8 Å². The van der Waals surface area contributed by atoms with Crippen LogP contribution < -0.4 is 0 Å². The highest BCUT2D eigenvalue weighted by Gasteiger charge is 2.29. The second kappa shape index (κ2) is 13.8. The highest BCUT2D eigenvalue weighted by molar-refractivity contribution is 7.90. The fraction of sp³-hybridized carbons (Fsp3) is 0.135. The van der Waals surface area contributed by atoms with E-state index in [4.69, 9.17) is 9.47 Å². The van der Waals surface area contributed by atoms with E-state index < -0.39 is 43.6 Å². The minimum atomic E-state index is -4.11. The van der Waals surface area contributed by atoms with Gasteiger partial charge in [0.05, 0.1) is 45.2 Å². The van der Waals surface area contributed by atoms with Crippen molar-refractivity contribution >= 4 is 65.4 Å². The first-order chi connectivity index (χ1) is 24.3. The van der Waals surface area contributed by atoms with Gasteiger partial charge in [0, 0.05) is 29.6 Å². The number of nitrogens with zero attached hydrogens (tertiary/aromatic N) is 2. The van der Waals surface area contributed by atoms with E-state index >= 15 is 0 Å². The van der Waals surface area contributed by atoms with Crippen molar-refractivity contribution in [3.63, 3.8) is 0 Å². The number of hydrogen-bond donors (Lipinski definition) is 0. The van der Waals surface area contributed by atoms with Gasteiger partial charge in [-0.1, -0.05) is 71.8 Å². The summed E-state index contributed by atoms with van der Waals surface area (Å²) in [5, 5.41) is 0.464. The van der Waals surface area contributed by atoms with Gasteiger partial charge in [-0.3, -0.25) is 9.59 Å². The molecule has 0 saturated heterocycles. The molecule has 0 N–H and O–H groups in total. The van der Waals surface area contributed by atoms with Gasteiger partial charge in [0.15, 0.2) is 0 Å². The Kier molecular flexibility index (Phi) is 9.47. The topological polar surface area (TPSA) is 165 Å². The maximum absolute atomic E-state index is 13.4. The number of aryl methyl sites for hydroxylation is 2. The van der Waals surface area contributed by atoms with Gasteiger partial charge >= 0.3 is 11.9 Å². The van der Waals surface area contributed by atoms with Crippen LogP contribution in [0.15, 0.2) is 119 Å². The lowest BCUT2D eigenvalue weighted by molar-refractivity contribution is -0.140. The maximum Gasteiger partial charge on any atom is 0.379 e. The zero-order chi connectivity index (χ0) is 36.5. The van der Waals surface area contributed by atoms with E-state index in [2.05, 4.69) is 0 Å². The number of carbonyl (C=O) groups excluding carboxylic acids is 4. The molecule has 14 heteroatoms. The Morgan fingerprint density at radius 1 is 0.529 bits per heavy atom. The molecule has 2 aromatic heterocycles. The van der Waals surface area contributed by atoms with E-state index in [1.54, 1.807) is 48.5 Å². The Morgan fingerprint density at radius 2 is 0.882 bits per heavy atom. The smallest absolute Gasteiger partial charge is 0.379 e. The predicted molar refractivity (Wildman–Crippen MR) is 187 cm³/mol. The predicted octanol–water partition coefficient (Wildman–Crippen LogP) is 5.23. The van der Waals surface area contributed by atoms with Crippen molar-refractivity contribution < 1.29 is 45.5 Å². The van der Waals surface area contributed by atoms with Crippen molar-refractivity contribution in [3.8, 4) is 0 Å². The summed E-state index contributed by atoms with van der Waals surface area (Å²) < 4.78 is 65.7. The van der Waals surface area contributed by atoms with E-state index in [1.807, 2.05) is 13.8 Å². The standard InChI is InChI=1S/C37H30N2O10S2/c1-24-12-16-26(17-13-24)50(44,45)38-22-30(28-8-3-5-10-32(28)38)34(40)36(42)48-20-7-21-49-37(43)35(41)31-23-39(33-11-6-4-9-29(31)33)51(46,47)27-18-14-25(2)15-19-27/h3-6,8-19,22-23H,7,20-21H2,1-2H3. The number of esters is 2. The first-order valence-electron chi connectivity index (χ1n) is 15.6. The third-order valence-corrected chi connectivity index (χ3v) is 11.5. The number of hydrogen-bond acceptors (Lipinski definition) is 10. The second-order valence-electron chi connectivity index (χ2n) is 11.6. The van der Waals surface area contributed by atoms with Crippen LogP contribution >= 0.6 is 0 Å². The molecule has 2 heterocycles. The van der Waals surface area contributed by atoms with Crippen LogP contribution in [0.5, 0.6) is 0 Å². The number of fused-ring (bicyclic) bond motifs is 2. The molecule has 0 fully saturated rings. The zero-order valence-electron chi connectivity index (χ0n) is 27.3. The molecule has 6 aromatic rings. The monoisotopic (exact) mass is 726 g/mol. The number of ketones is 2. The van der Waals surface area contributed by atoms with Crippen molar-refractivity contribution in [3.05, 3.63) is 132 Å². The molecule has 0 unspecified atom stereocenters. The number of para-hydroxylation sites is 2. The molecular formula is C37H30N2O10S2. The molecule has 0 radical (unpaired) electrons. The molecule has 0 amide bonds. The number of benzene rings is 4. The summed E-state index contributed by atoms with van der Waals surface area (Å²) in [6, 6.07) is 24.9. The molecule has 0 saturated carbocycles. The molecule has 6 rings (SSSR count). The molecule has 260 valence electrons. The van der Waals surface area contributed by atoms with Crippen LogP contribution in [0.25, 0.3) is 21.8 Å². The minimum absolute atomic E-state index is 0.00138. The number of Topliss-reactive ketones (excluding diaryl/α,β-unsaturated/α-hetero) is 2. The lowest BCUT2D eigenvalue weighted by Crippen LogP contribution is -2.21. The molecule has 0 atom stereocenters. The molecule has 0 aliphatic carbocycles. The van der Waals surface area contributed by atoms with Crippen LogP contribution in [0.1, 0.15) is 38.3 Å². The van der Waals surface area contributed by atoms with Gasteiger partial charge in [-0.2, -0.15) is 0 Å². The maximum atomic E-state index is 13.4. The first kappa shape index (κ1) is 35.0. The van der Waals surface area contributed by atoms with Gasteiger partial charge in [-0.05, 0) is 50.2 Å². The summed E-state index contributed by atoms with van der Waals surface area (Å²) in [5.74, 6) is -4.66. The highest BCUT2D eigenvalue weighted by Crippen LogP contribution is 2.28. The number of ether oxygens (including phenoxy) is 2. The molecule has 12 nitrogen and oxygen atoms in total. The summed E-state index contributed by atoms with van der Waals surface area (Å²) in [4.78, 5) is 51.7. The Hall–Kier alpha value is -5.86. The average Bonchev–Trinajstić information content (AvgIpc) is 3.72. The van der Waals surface area contributed by atoms with E-state index in [-0.39, 0.29) is 62.4 Å². The van der Waals surface area contributed by atoms with Gasteiger partial charge in [0.25, 0.3) is 31.6 Å². The van der Waals surface area contributed by atoms with E-state index in [0.717, 1.165) is 31.5 Å². The Balaban J connectivity index is 1.09. The summed E-state index contributed by atoms with van der Waals surface area (Å²) in [6.07, 6.45) is 2.09. The van der Waals surface area contributed by atoms with Crippen LogP contribution in [0.4, 0.5) is 0 Å². The number of rotatable bonds is 12. The van der Waals surface area contributed by atoms with Crippen molar-refractivity contribution in [1.29, 1.82) is 0 Å². The number of carbonyl (C=O) groups is 4. The van der Waals surface area contributed by atoms with Crippen molar-refractivity contribution in [2.45, 2.75) is 30.1 Å². The van der Waals surface area contributed by atoms with Gasteiger partial charge in [-0.15, -0.1) is 0 Å². The Labute approximate surface area is 292 Å². The fourth-order valence-corrected chi connectivity index (χ4v) is 8.19. The molecule has 0 spiro atoms. The van der Waals surface area contributed by atoms with E-state index in [0.29, 0.717) is 0 Å². The normalized spacial score (nSPS) is 11.8. The van der Waals surface area contributed by atoms with E-state index in [9.17, 15) is 36.0 Å². The van der Waals surface area contributed by atoms with Crippen LogP contribution in [-0.2, 0) is 39.1 Å². The molecule has 51 heavy (non-hydrogen) atoms. The molecule has 0 aliphatic heterocycles. The summed E-state index contributed by atoms with van der Waals surface area (Å²) >= 11 is 0. The summed E-state index contributed by atoms with van der Waals surface area (Å²) in [7, 11) is -8.22. The van der Waals surface area contributed by atoms with E-state index in [1.165, 1.54) is 48.5 Å². The SMILES string of the molecule is Cc1ccc(S(=O)(=O)n2cc(C(=O)C(=O)OCCCOC(=O)C(=O)c3cn(S(=O)(=O)c4ccc(C)cc4)c4ccccc34)c3ccccc32)cc1. The lowest BCUT2D eigenvalue weighted by Gasteiger charge is -2.07. The Bertz CT molecular complexity index is 2390. The quantitative estimate of drug-likeness (QED) is 0.0706. The van der Waals surface area contributed by atoms with Crippen LogP contribution in [0.3, 0.4) is 0 Å². The molecular weight excluding hydrogens is 697 g/mol. The largest absolute Gasteiger partial charge is 0.460 e. The second-order valence-corrected chi connectivity index (χ2v) is 15.3. The first-order valence-corrected chi connectivity index (χ1v) is 18.5. The van der Waals surface area contributed by atoms with Gasteiger partial charge in [0.2, 0.25) is 0 Å². The highest BCUT2D eigenvalue weighted by atomic mass is 32.2. The van der Waals surface area contributed by atoms with Crippen molar-refractivity contribution in [2.75, 3.05) is 13.2 Å². The van der Waals surface area contributed by atoms with Crippen LogP contribution in [-0.4, -0.2) is 61.5 Å². The average molecular weight is 727 g/mol. The van der Waals surface area contributed by atoms with Crippen molar-refractivity contribution in [2.24, 2.45) is 0 Å². The Morgan fingerprint density at radius 3 is 1.25 bits per heavy atom.